The van der Waals surface area contributed by atoms with Crippen molar-refractivity contribution < 1.29 is 4.74 Å². The number of rotatable bonds is 2. The molecular weight excluding hydrogens is 148 g/mol. The molecule has 0 aromatic rings. The summed E-state index contributed by atoms with van der Waals surface area (Å²) in [4.78, 5) is 0. The van der Waals surface area contributed by atoms with Crippen LogP contribution in [-0.4, -0.2) is 11.2 Å². The third kappa shape index (κ3) is 1.03. The Morgan fingerprint density at radius 1 is 1.33 bits per heavy atom. The standard InChI is InChI=1S/C11H17O/c1-3-10-6-5-7-11(4-2,12-10)9-8-10/h6H,3-4,7-9H2,1-2H3. The fraction of sp³-hybridized carbons (Fsp3) is 0.818. The van der Waals surface area contributed by atoms with Gasteiger partial charge in [-0.05, 0) is 37.8 Å². The van der Waals surface area contributed by atoms with Crippen molar-refractivity contribution in [2.24, 2.45) is 0 Å². The molecule has 12 heavy (non-hydrogen) atoms. The van der Waals surface area contributed by atoms with Crippen LogP contribution in [0.1, 0.15) is 46.0 Å². The molecule has 1 heteroatoms. The first-order valence-electron chi connectivity index (χ1n) is 5.02. The highest BCUT2D eigenvalue weighted by molar-refractivity contribution is 5.12. The molecule has 2 unspecified atom stereocenters. The van der Waals surface area contributed by atoms with Gasteiger partial charge in [0, 0.05) is 6.42 Å². The van der Waals surface area contributed by atoms with Gasteiger partial charge in [-0.3, -0.25) is 0 Å². The van der Waals surface area contributed by atoms with Crippen LogP contribution in [0.4, 0.5) is 0 Å². The van der Waals surface area contributed by atoms with Gasteiger partial charge in [0.25, 0.3) is 0 Å². The largest absolute Gasteiger partial charge is 0.364 e. The lowest BCUT2D eigenvalue weighted by atomic mass is 9.94. The molecule has 0 aromatic heterocycles. The second-order valence-electron chi connectivity index (χ2n) is 4.08. The lowest BCUT2D eigenvalue weighted by Gasteiger charge is -2.35. The third-order valence-corrected chi connectivity index (χ3v) is 3.46. The minimum absolute atomic E-state index is 0.0637. The van der Waals surface area contributed by atoms with E-state index in [9.17, 15) is 0 Å². The minimum atomic E-state index is 0.0637. The highest BCUT2D eigenvalue weighted by Gasteiger charge is 2.47. The molecule has 0 amide bonds. The second-order valence-corrected chi connectivity index (χ2v) is 4.08. The molecule has 1 fully saturated rings. The van der Waals surface area contributed by atoms with Crippen LogP contribution >= 0.6 is 0 Å². The highest BCUT2D eigenvalue weighted by Crippen LogP contribution is 2.47. The van der Waals surface area contributed by atoms with E-state index in [4.69, 9.17) is 4.74 Å². The Kier molecular flexibility index (Phi) is 1.80. The predicted octanol–water partition coefficient (Wildman–Crippen LogP) is 2.86. The van der Waals surface area contributed by atoms with Crippen LogP contribution in [0.2, 0.25) is 0 Å². The van der Waals surface area contributed by atoms with E-state index in [2.05, 4.69) is 26.0 Å². The first-order valence-corrected chi connectivity index (χ1v) is 5.02. The van der Waals surface area contributed by atoms with Gasteiger partial charge in [0.05, 0.1) is 11.2 Å². The molecule has 0 N–H and O–H groups in total. The fourth-order valence-electron chi connectivity index (χ4n) is 2.35. The van der Waals surface area contributed by atoms with Crippen molar-refractivity contribution >= 4 is 0 Å². The van der Waals surface area contributed by atoms with Crippen molar-refractivity contribution in [2.75, 3.05) is 0 Å². The van der Waals surface area contributed by atoms with E-state index in [1.165, 1.54) is 12.8 Å². The fourth-order valence-corrected chi connectivity index (χ4v) is 2.35. The summed E-state index contributed by atoms with van der Waals surface area (Å²) >= 11 is 0. The zero-order valence-corrected chi connectivity index (χ0v) is 8.02. The Morgan fingerprint density at radius 2 is 2.17 bits per heavy atom. The van der Waals surface area contributed by atoms with Crippen LogP contribution in [0.5, 0.6) is 0 Å². The molecule has 67 valence electrons. The third-order valence-electron chi connectivity index (χ3n) is 3.46. The van der Waals surface area contributed by atoms with E-state index in [1.807, 2.05) is 0 Å². The van der Waals surface area contributed by atoms with E-state index in [1.54, 1.807) is 0 Å². The number of ether oxygens (including phenoxy) is 1. The zero-order chi connectivity index (χ0) is 8.66. The first kappa shape index (κ1) is 8.31. The van der Waals surface area contributed by atoms with Gasteiger partial charge < -0.3 is 4.74 Å². The van der Waals surface area contributed by atoms with E-state index in [0.717, 1.165) is 19.3 Å². The molecule has 2 heterocycles. The van der Waals surface area contributed by atoms with Gasteiger partial charge >= 0.3 is 0 Å². The molecule has 0 aliphatic carbocycles. The average Bonchev–Trinajstić information content (AvgIpc) is 2.41. The minimum Gasteiger partial charge on any atom is -0.364 e. The maximum absolute atomic E-state index is 6.15. The molecule has 2 aliphatic heterocycles. The molecule has 1 saturated heterocycles. The van der Waals surface area contributed by atoms with Gasteiger partial charge in [0.2, 0.25) is 0 Å². The zero-order valence-electron chi connectivity index (χ0n) is 8.02. The Morgan fingerprint density at radius 3 is 2.83 bits per heavy atom. The van der Waals surface area contributed by atoms with Crippen LogP contribution in [0.25, 0.3) is 0 Å². The Bertz CT molecular complexity index is 209. The molecule has 2 atom stereocenters. The summed E-state index contributed by atoms with van der Waals surface area (Å²) in [6.45, 7) is 4.42. The topological polar surface area (TPSA) is 9.23 Å². The molecule has 2 rings (SSSR count). The molecule has 0 saturated carbocycles. The Labute approximate surface area is 74.8 Å². The van der Waals surface area contributed by atoms with Crippen molar-refractivity contribution in [2.45, 2.75) is 57.2 Å². The summed E-state index contributed by atoms with van der Waals surface area (Å²) in [5, 5.41) is 0. The molecule has 2 bridgehead atoms. The average molecular weight is 165 g/mol. The Hall–Kier alpha value is -0.300. The summed E-state index contributed by atoms with van der Waals surface area (Å²) in [6.07, 6.45) is 11.2. The van der Waals surface area contributed by atoms with Crippen molar-refractivity contribution in [3.8, 4) is 0 Å². The summed E-state index contributed by atoms with van der Waals surface area (Å²) in [6, 6.07) is 0. The Balaban J connectivity index is 2.24. The predicted molar refractivity (Wildman–Crippen MR) is 48.8 cm³/mol. The summed E-state index contributed by atoms with van der Waals surface area (Å²) in [7, 11) is 0. The normalized spacial score (nSPS) is 45.2. The lowest BCUT2D eigenvalue weighted by Crippen LogP contribution is -2.36. The van der Waals surface area contributed by atoms with E-state index >= 15 is 0 Å². The number of hydrogen-bond acceptors (Lipinski definition) is 1. The SMILES string of the molecule is CCC12C=[C]CC(CC)(CC1)O2. The maximum atomic E-state index is 6.15. The van der Waals surface area contributed by atoms with Gasteiger partial charge in [-0.2, -0.15) is 0 Å². The van der Waals surface area contributed by atoms with E-state index in [0.29, 0.717) is 0 Å². The monoisotopic (exact) mass is 165 g/mol. The van der Waals surface area contributed by atoms with Crippen molar-refractivity contribution in [3.05, 3.63) is 12.2 Å². The number of hydrogen-bond donors (Lipinski definition) is 0. The van der Waals surface area contributed by atoms with Crippen LogP contribution < -0.4 is 0 Å². The molecule has 1 radical (unpaired) electrons. The molecule has 2 aliphatic rings. The molecule has 0 spiro atoms. The number of fused-ring (bicyclic) bond motifs is 2. The summed E-state index contributed by atoms with van der Waals surface area (Å²) in [5.74, 6) is 0. The van der Waals surface area contributed by atoms with Crippen molar-refractivity contribution in [1.29, 1.82) is 0 Å². The smallest absolute Gasteiger partial charge is 0.0874 e. The van der Waals surface area contributed by atoms with Gasteiger partial charge in [-0.1, -0.05) is 13.8 Å². The van der Waals surface area contributed by atoms with Gasteiger partial charge in [-0.15, -0.1) is 0 Å². The summed E-state index contributed by atoms with van der Waals surface area (Å²) < 4.78 is 6.15. The lowest BCUT2D eigenvalue weighted by molar-refractivity contribution is -0.0915. The molecular formula is C11H17O. The van der Waals surface area contributed by atoms with Crippen molar-refractivity contribution in [3.63, 3.8) is 0 Å². The van der Waals surface area contributed by atoms with Gasteiger partial charge in [-0.25, -0.2) is 0 Å². The quantitative estimate of drug-likeness (QED) is 0.611. The van der Waals surface area contributed by atoms with Crippen LogP contribution in [-0.2, 0) is 4.74 Å². The van der Waals surface area contributed by atoms with Crippen LogP contribution in [0.3, 0.4) is 0 Å². The first-order chi connectivity index (χ1) is 5.74. The van der Waals surface area contributed by atoms with E-state index in [-0.39, 0.29) is 11.2 Å². The molecule has 0 aromatic carbocycles. The van der Waals surface area contributed by atoms with Gasteiger partial charge in [0.1, 0.15) is 0 Å². The highest BCUT2D eigenvalue weighted by atomic mass is 16.5. The van der Waals surface area contributed by atoms with Crippen molar-refractivity contribution in [1.82, 2.24) is 0 Å². The molecule has 1 nitrogen and oxygen atoms in total. The summed E-state index contributed by atoms with van der Waals surface area (Å²) in [5.41, 5.74) is 0.221. The maximum Gasteiger partial charge on any atom is 0.0874 e. The van der Waals surface area contributed by atoms with Crippen LogP contribution in [0, 0.1) is 6.08 Å². The second kappa shape index (κ2) is 2.59. The van der Waals surface area contributed by atoms with Crippen LogP contribution in [0.15, 0.2) is 6.08 Å². The van der Waals surface area contributed by atoms with Gasteiger partial charge in [0.15, 0.2) is 0 Å². The van der Waals surface area contributed by atoms with E-state index < -0.39 is 0 Å².